The second kappa shape index (κ2) is 5.81. The van der Waals surface area contributed by atoms with Crippen molar-refractivity contribution in [2.75, 3.05) is 11.9 Å². The molecule has 0 aliphatic carbocycles. The zero-order valence-electron chi connectivity index (χ0n) is 11.2. The minimum Gasteiger partial charge on any atom is -0.330 e. The van der Waals surface area contributed by atoms with Gasteiger partial charge in [0.25, 0.3) is 0 Å². The SMILES string of the molecule is CC(C)C(=O)N1CCCCC1C(=O)Nc1ncn[nH]1. The molecule has 1 aliphatic rings. The van der Waals surface area contributed by atoms with Gasteiger partial charge in [-0.3, -0.25) is 14.9 Å². The molecule has 1 aromatic rings. The van der Waals surface area contributed by atoms with Crippen molar-refractivity contribution in [1.82, 2.24) is 20.1 Å². The van der Waals surface area contributed by atoms with Crippen LogP contribution in [0.25, 0.3) is 0 Å². The van der Waals surface area contributed by atoms with Crippen molar-refractivity contribution < 1.29 is 9.59 Å². The third-order valence-electron chi connectivity index (χ3n) is 3.24. The Hall–Kier alpha value is -1.92. The number of anilines is 1. The molecule has 2 N–H and O–H groups in total. The van der Waals surface area contributed by atoms with Crippen LogP contribution in [-0.2, 0) is 9.59 Å². The molecule has 1 aromatic heterocycles. The number of nitrogens with zero attached hydrogens (tertiary/aromatic N) is 3. The van der Waals surface area contributed by atoms with Gasteiger partial charge in [-0.15, -0.1) is 0 Å². The summed E-state index contributed by atoms with van der Waals surface area (Å²) >= 11 is 0. The number of H-pyrrole nitrogens is 1. The molecule has 104 valence electrons. The van der Waals surface area contributed by atoms with Crippen molar-refractivity contribution in [3.63, 3.8) is 0 Å². The molecule has 1 atom stereocenters. The van der Waals surface area contributed by atoms with Crippen molar-refractivity contribution in [1.29, 1.82) is 0 Å². The van der Waals surface area contributed by atoms with Crippen LogP contribution >= 0.6 is 0 Å². The van der Waals surface area contributed by atoms with Crippen LogP contribution in [0.1, 0.15) is 33.1 Å². The molecule has 7 heteroatoms. The van der Waals surface area contributed by atoms with E-state index in [-0.39, 0.29) is 17.7 Å². The van der Waals surface area contributed by atoms with E-state index < -0.39 is 6.04 Å². The largest absolute Gasteiger partial charge is 0.330 e. The van der Waals surface area contributed by atoms with Gasteiger partial charge < -0.3 is 4.90 Å². The quantitative estimate of drug-likeness (QED) is 0.845. The second-order valence-corrected chi connectivity index (χ2v) is 5.02. The molecular formula is C12H19N5O2. The summed E-state index contributed by atoms with van der Waals surface area (Å²) < 4.78 is 0. The van der Waals surface area contributed by atoms with Gasteiger partial charge in [-0.1, -0.05) is 13.8 Å². The molecule has 0 spiro atoms. The number of aromatic amines is 1. The Morgan fingerprint density at radius 1 is 1.47 bits per heavy atom. The van der Waals surface area contributed by atoms with E-state index in [0.29, 0.717) is 18.9 Å². The Balaban J connectivity index is 2.06. The normalized spacial score (nSPS) is 19.5. The lowest BCUT2D eigenvalue weighted by Gasteiger charge is -2.35. The fourth-order valence-electron chi connectivity index (χ4n) is 2.27. The predicted octanol–water partition coefficient (Wildman–Crippen LogP) is 0.780. The van der Waals surface area contributed by atoms with E-state index in [1.54, 1.807) is 4.90 Å². The summed E-state index contributed by atoms with van der Waals surface area (Å²) in [5, 5.41) is 8.90. The molecule has 2 rings (SSSR count). The first-order valence-electron chi connectivity index (χ1n) is 6.56. The molecule has 2 heterocycles. The van der Waals surface area contributed by atoms with Crippen molar-refractivity contribution >= 4 is 17.8 Å². The van der Waals surface area contributed by atoms with Crippen LogP contribution in [-0.4, -0.2) is 44.5 Å². The monoisotopic (exact) mass is 265 g/mol. The highest BCUT2D eigenvalue weighted by Crippen LogP contribution is 2.20. The highest BCUT2D eigenvalue weighted by molar-refractivity contribution is 5.96. The van der Waals surface area contributed by atoms with Crippen LogP contribution < -0.4 is 5.32 Å². The van der Waals surface area contributed by atoms with Crippen molar-refractivity contribution in [2.45, 2.75) is 39.2 Å². The Labute approximate surface area is 111 Å². The highest BCUT2D eigenvalue weighted by Gasteiger charge is 2.33. The summed E-state index contributed by atoms with van der Waals surface area (Å²) in [6.45, 7) is 4.34. The van der Waals surface area contributed by atoms with Crippen LogP contribution in [0.5, 0.6) is 0 Å². The number of amides is 2. The number of hydrogen-bond acceptors (Lipinski definition) is 4. The zero-order valence-corrected chi connectivity index (χ0v) is 11.2. The van der Waals surface area contributed by atoms with Crippen LogP contribution in [0.4, 0.5) is 5.95 Å². The van der Waals surface area contributed by atoms with E-state index in [4.69, 9.17) is 0 Å². The van der Waals surface area contributed by atoms with Crippen LogP contribution in [0.2, 0.25) is 0 Å². The Bertz CT molecular complexity index is 443. The number of nitrogens with one attached hydrogen (secondary N) is 2. The molecule has 0 aromatic carbocycles. The molecule has 0 radical (unpaired) electrons. The number of carbonyl (C=O) groups excluding carboxylic acids is 2. The van der Waals surface area contributed by atoms with E-state index in [2.05, 4.69) is 20.5 Å². The maximum Gasteiger partial charge on any atom is 0.249 e. The molecule has 1 aliphatic heterocycles. The number of carbonyl (C=O) groups is 2. The summed E-state index contributed by atoms with van der Waals surface area (Å²) in [5.74, 6) is 0.0362. The first kappa shape index (κ1) is 13.5. The third-order valence-corrected chi connectivity index (χ3v) is 3.24. The fraction of sp³-hybridized carbons (Fsp3) is 0.667. The number of rotatable bonds is 3. The summed E-state index contributed by atoms with van der Waals surface area (Å²) in [5.41, 5.74) is 0. The summed E-state index contributed by atoms with van der Waals surface area (Å²) in [6.07, 6.45) is 3.92. The molecule has 0 bridgehead atoms. The highest BCUT2D eigenvalue weighted by atomic mass is 16.2. The average molecular weight is 265 g/mol. The molecule has 19 heavy (non-hydrogen) atoms. The van der Waals surface area contributed by atoms with Crippen molar-refractivity contribution in [3.05, 3.63) is 6.33 Å². The summed E-state index contributed by atoms with van der Waals surface area (Å²) in [7, 11) is 0. The van der Waals surface area contributed by atoms with E-state index in [1.807, 2.05) is 13.8 Å². The zero-order chi connectivity index (χ0) is 13.8. The van der Waals surface area contributed by atoms with Gasteiger partial charge in [0.15, 0.2) is 0 Å². The first-order chi connectivity index (χ1) is 9.09. The molecule has 1 saturated heterocycles. The lowest BCUT2D eigenvalue weighted by molar-refractivity contribution is -0.142. The van der Waals surface area contributed by atoms with Gasteiger partial charge in [-0.2, -0.15) is 10.1 Å². The van der Waals surface area contributed by atoms with Gasteiger partial charge in [0, 0.05) is 12.5 Å². The number of aromatic nitrogens is 3. The lowest BCUT2D eigenvalue weighted by atomic mass is 9.99. The minimum atomic E-state index is -0.409. The maximum atomic E-state index is 12.2. The van der Waals surface area contributed by atoms with Gasteiger partial charge in [-0.05, 0) is 19.3 Å². The van der Waals surface area contributed by atoms with Gasteiger partial charge in [0.1, 0.15) is 12.4 Å². The summed E-state index contributed by atoms with van der Waals surface area (Å²) in [6, 6.07) is -0.409. The third kappa shape index (κ3) is 3.10. The predicted molar refractivity (Wildman–Crippen MR) is 69.2 cm³/mol. The standard InChI is InChI=1S/C12H19N5O2/c1-8(2)11(19)17-6-4-3-5-9(17)10(18)15-12-13-7-14-16-12/h7-9H,3-6H2,1-2H3,(H2,13,14,15,16,18). The molecule has 2 amide bonds. The lowest BCUT2D eigenvalue weighted by Crippen LogP contribution is -2.51. The van der Waals surface area contributed by atoms with Gasteiger partial charge in [0.05, 0.1) is 0 Å². The van der Waals surface area contributed by atoms with Gasteiger partial charge >= 0.3 is 0 Å². The molecule has 1 fully saturated rings. The number of piperidine rings is 1. The topological polar surface area (TPSA) is 91.0 Å². The number of hydrogen-bond donors (Lipinski definition) is 2. The Morgan fingerprint density at radius 3 is 2.89 bits per heavy atom. The molecule has 0 saturated carbocycles. The van der Waals surface area contributed by atoms with Gasteiger partial charge in [0.2, 0.25) is 17.8 Å². The van der Waals surface area contributed by atoms with Crippen molar-refractivity contribution in [2.24, 2.45) is 5.92 Å². The smallest absolute Gasteiger partial charge is 0.249 e. The van der Waals surface area contributed by atoms with Crippen LogP contribution in [0, 0.1) is 5.92 Å². The number of likely N-dealkylation sites (tertiary alicyclic amines) is 1. The Morgan fingerprint density at radius 2 is 2.26 bits per heavy atom. The van der Waals surface area contributed by atoms with E-state index in [0.717, 1.165) is 12.8 Å². The first-order valence-corrected chi connectivity index (χ1v) is 6.56. The van der Waals surface area contributed by atoms with E-state index in [1.165, 1.54) is 6.33 Å². The minimum absolute atomic E-state index is 0.0254. The fourth-order valence-corrected chi connectivity index (χ4v) is 2.27. The second-order valence-electron chi connectivity index (χ2n) is 5.02. The Kier molecular flexibility index (Phi) is 4.13. The van der Waals surface area contributed by atoms with E-state index >= 15 is 0 Å². The maximum absolute atomic E-state index is 12.2. The van der Waals surface area contributed by atoms with Crippen LogP contribution in [0.15, 0.2) is 6.33 Å². The van der Waals surface area contributed by atoms with Crippen LogP contribution in [0.3, 0.4) is 0 Å². The summed E-state index contributed by atoms with van der Waals surface area (Å²) in [4.78, 5) is 29.9. The van der Waals surface area contributed by atoms with Crippen molar-refractivity contribution in [3.8, 4) is 0 Å². The average Bonchev–Trinajstić information content (AvgIpc) is 2.90. The molecular weight excluding hydrogens is 246 g/mol. The molecule has 1 unspecified atom stereocenters. The van der Waals surface area contributed by atoms with E-state index in [9.17, 15) is 9.59 Å². The van der Waals surface area contributed by atoms with Gasteiger partial charge in [-0.25, -0.2) is 5.10 Å². The molecule has 7 nitrogen and oxygen atoms in total.